The Kier molecular flexibility index (Phi) is 6.64. The molecule has 4 rings (SSSR count). The molecule has 0 bridgehead atoms. The number of halogens is 1. The van der Waals surface area contributed by atoms with E-state index in [1.54, 1.807) is 32.0 Å². The van der Waals surface area contributed by atoms with E-state index < -0.39 is 21.6 Å². The minimum atomic E-state index is -3.90. The number of aryl methyl sites for hydroxylation is 2. The summed E-state index contributed by atoms with van der Waals surface area (Å²) in [5.41, 5.74) is 0.241. The second kappa shape index (κ2) is 9.34. The highest BCUT2D eigenvalue weighted by atomic mass is 32.2. The molecule has 1 amide bonds. The van der Waals surface area contributed by atoms with Crippen molar-refractivity contribution >= 4 is 38.1 Å². The lowest BCUT2D eigenvalue weighted by Crippen LogP contribution is -2.40. The zero-order chi connectivity index (χ0) is 24.5. The lowest BCUT2D eigenvalue weighted by molar-refractivity contribution is -0.129. The molecule has 1 aliphatic rings. The normalized spacial score (nSPS) is 15.6. The topological polar surface area (TPSA) is 108 Å². The van der Waals surface area contributed by atoms with Gasteiger partial charge in [-0.25, -0.2) is 17.8 Å². The van der Waals surface area contributed by atoms with Gasteiger partial charge in [0.2, 0.25) is 0 Å². The summed E-state index contributed by atoms with van der Waals surface area (Å²) in [5.74, 6) is -0.635. The van der Waals surface area contributed by atoms with Crippen LogP contribution >= 0.6 is 11.3 Å². The number of anilines is 2. The highest BCUT2D eigenvalue weighted by Crippen LogP contribution is 2.37. The Hall–Kier alpha value is -2.98. The number of hydrogen-bond donors (Lipinski definition) is 3. The van der Waals surface area contributed by atoms with Crippen molar-refractivity contribution in [3.8, 4) is 16.2 Å². The Morgan fingerprint density at radius 2 is 1.76 bits per heavy atom. The summed E-state index contributed by atoms with van der Waals surface area (Å²) < 4.78 is 43.6. The van der Waals surface area contributed by atoms with Crippen LogP contribution in [0.15, 0.2) is 47.4 Å². The van der Waals surface area contributed by atoms with Crippen molar-refractivity contribution in [2.75, 3.05) is 10.0 Å². The van der Waals surface area contributed by atoms with Crippen molar-refractivity contribution in [1.82, 2.24) is 4.98 Å². The fourth-order valence-electron chi connectivity index (χ4n) is 4.04. The molecule has 1 aromatic heterocycles. The molecule has 1 heterocycles. The van der Waals surface area contributed by atoms with Crippen LogP contribution < -0.4 is 10.0 Å². The monoisotopic (exact) mass is 503 g/mol. The Morgan fingerprint density at radius 1 is 1.09 bits per heavy atom. The van der Waals surface area contributed by atoms with Gasteiger partial charge < -0.3 is 5.11 Å². The second-order valence-electron chi connectivity index (χ2n) is 8.55. The van der Waals surface area contributed by atoms with Crippen LogP contribution in [0.4, 0.5) is 15.2 Å². The number of hydrogen-bond acceptors (Lipinski definition) is 6. The van der Waals surface area contributed by atoms with Gasteiger partial charge in [-0.2, -0.15) is 0 Å². The number of carbonyl (C=O) groups is 1. The van der Waals surface area contributed by atoms with Crippen LogP contribution in [0.5, 0.6) is 5.75 Å². The molecule has 3 N–H and O–H groups in total. The van der Waals surface area contributed by atoms with Gasteiger partial charge >= 0.3 is 0 Å². The summed E-state index contributed by atoms with van der Waals surface area (Å²) in [6.45, 7) is 3.46. The van der Waals surface area contributed by atoms with Crippen molar-refractivity contribution in [3.05, 3.63) is 53.7 Å². The van der Waals surface area contributed by atoms with Crippen LogP contribution in [0.1, 0.15) is 43.4 Å². The minimum absolute atomic E-state index is 0.0341. The van der Waals surface area contributed by atoms with Gasteiger partial charge in [0.25, 0.3) is 15.9 Å². The number of aromatic hydroxyl groups is 1. The maximum Gasteiger partial charge on any atom is 0.263 e. The number of carbonyl (C=O) groups excluding carboxylic acids is 1. The first-order valence-corrected chi connectivity index (χ1v) is 13.3. The van der Waals surface area contributed by atoms with Gasteiger partial charge in [0.05, 0.1) is 15.5 Å². The Bertz CT molecular complexity index is 1310. The first-order chi connectivity index (χ1) is 16.1. The third kappa shape index (κ3) is 5.07. The molecule has 0 radical (unpaired) electrons. The van der Waals surface area contributed by atoms with E-state index in [4.69, 9.17) is 0 Å². The van der Waals surface area contributed by atoms with Crippen LogP contribution in [0.3, 0.4) is 0 Å². The highest BCUT2D eigenvalue weighted by molar-refractivity contribution is 7.92. The van der Waals surface area contributed by atoms with Gasteiger partial charge in [-0.05, 0) is 81.0 Å². The van der Waals surface area contributed by atoms with E-state index in [1.165, 1.54) is 35.6 Å². The Morgan fingerprint density at radius 3 is 2.44 bits per heavy atom. The van der Waals surface area contributed by atoms with Crippen LogP contribution in [-0.4, -0.2) is 30.1 Å². The van der Waals surface area contributed by atoms with Crippen LogP contribution in [-0.2, 0) is 14.8 Å². The standard InChI is InChI=1S/C24H26FN3O4S2/c1-15-6-7-17(14-20(15)34(31,32)28-18-8-10-19(29)11-9-18)21-16(2)26-23(33-21)27-22(30)24(25)12-4-3-5-13-24/h6-11,14,28-29H,3-5,12-13H2,1-2H3,(H,26,27,30). The summed E-state index contributed by atoms with van der Waals surface area (Å²) in [5, 5.41) is 12.3. The molecule has 10 heteroatoms. The molecule has 0 aliphatic heterocycles. The van der Waals surface area contributed by atoms with E-state index in [9.17, 15) is 22.7 Å². The highest BCUT2D eigenvalue weighted by Gasteiger charge is 2.40. The number of benzene rings is 2. The number of rotatable bonds is 6. The molecule has 34 heavy (non-hydrogen) atoms. The fraction of sp³-hybridized carbons (Fsp3) is 0.333. The van der Waals surface area contributed by atoms with E-state index >= 15 is 0 Å². The maximum atomic E-state index is 15.0. The van der Waals surface area contributed by atoms with Crippen LogP contribution in [0.25, 0.3) is 10.4 Å². The molecule has 0 atom stereocenters. The molecule has 2 aromatic carbocycles. The van der Waals surface area contributed by atoms with E-state index in [-0.39, 0.29) is 28.6 Å². The van der Waals surface area contributed by atoms with E-state index in [0.29, 0.717) is 40.2 Å². The van der Waals surface area contributed by atoms with Gasteiger partial charge in [0.1, 0.15) is 5.75 Å². The summed E-state index contributed by atoms with van der Waals surface area (Å²) in [6.07, 6.45) is 2.72. The Labute approximate surface area is 202 Å². The lowest BCUT2D eigenvalue weighted by Gasteiger charge is -2.27. The van der Waals surface area contributed by atoms with Crippen molar-refractivity contribution in [1.29, 1.82) is 0 Å². The average molecular weight is 504 g/mol. The average Bonchev–Trinajstić information content (AvgIpc) is 3.16. The summed E-state index contributed by atoms with van der Waals surface area (Å²) in [7, 11) is -3.90. The predicted molar refractivity (Wildman–Crippen MR) is 131 cm³/mol. The molecular weight excluding hydrogens is 477 g/mol. The fourth-order valence-corrected chi connectivity index (χ4v) is 6.32. The smallest absolute Gasteiger partial charge is 0.263 e. The number of thiazole rings is 1. The van der Waals surface area contributed by atoms with Gasteiger partial charge in [0, 0.05) is 5.69 Å². The van der Waals surface area contributed by atoms with E-state index in [0.717, 1.165) is 6.42 Å². The number of nitrogens with zero attached hydrogens (tertiary/aromatic N) is 1. The molecule has 1 fully saturated rings. The summed E-state index contributed by atoms with van der Waals surface area (Å²) in [6, 6.07) is 10.8. The zero-order valence-corrected chi connectivity index (χ0v) is 20.5. The summed E-state index contributed by atoms with van der Waals surface area (Å²) in [4.78, 5) is 17.7. The van der Waals surface area contributed by atoms with Gasteiger partial charge in [-0.1, -0.05) is 29.9 Å². The van der Waals surface area contributed by atoms with Gasteiger partial charge in [-0.15, -0.1) is 0 Å². The largest absolute Gasteiger partial charge is 0.508 e. The first-order valence-electron chi connectivity index (χ1n) is 11.0. The number of nitrogens with one attached hydrogen (secondary N) is 2. The number of amides is 1. The van der Waals surface area contributed by atoms with Gasteiger partial charge in [-0.3, -0.25) is 14.8 Å². The number of phenols is 1. The zero-order valence-electron chi connectivity index (χ0n) is 18.9. The molecular formula is C24H26FN3O4S2. The molecule has 3 aromatic rings. The molecule has 1 aliphatic carbocycles. The van der Waals surface area contributed by atoms with Gasteiger partial charge in [0.15, 0.2) is 10.8 Å². The number of phenolic OH excluding ortho intramolecular Hbond substituents is 1. The molecule has 0 saturated heterocycles. The minimum Gasteiger partial charge on any atom is -0.508 e. The van der Waals surface area contributed by atoms with Crippen molar-refractivity contribution < 1.29 is 22.7 Å². The molecule has 7 nitrogen and oxygen atoms in total. The lowest BCUT2D eigenvalue weighted by atomic mass is 9.86. The quantitative estimate of drug-likeness (QED) is 0.383. The Balaban J connectivity index is 1.59. The third-order valence-electron chi connectivity index (χ3n) is 5.93. The van der Waals surface area contributed by atoms with Crippen LogP contribution in [0, 0.1) is 13.8 Å². The van der Waals surface area contributed by atoms with E-state index in [2.05, 4.69) is 15.0 Å². The molecule has 0 spiro atoms. The van der Waals surface area contributed by atoms with E-state index in [1.807, 2.05) is 0 Å². The number of sulfonamides is 1. The second-order valence-corrected chi connectivity index (χ2v) is 11.2. The number of alkyl halides is 1. The first kappa shape index (κ1) is 24.2. The van der Waals surface area contributed by atoms with Crippen molar-refractivity contribution in [3.63, 3.8) is 0 Å². The maximum absolute atomic E-state index is 15.0. The van der Waals surface area contributed by atoms with Crippen molar-refractivity contribution in [2.24, 2.45) is 0 Å². The number of aromatic nitrogens is 1. The summed E-state index contributed by atoms with van der Waals surface area (Å²) >= 11 is 1.18. The molecule has 0 unspecified atom stereocenters. The molecule has 1 saturated carbocycles. The molecule has 180 valence electrons. The van der Waals surface area contributed by atoms with Crippen molar-refractivity contribution in [2.45, 2.75) is 56.5 Å². The SMILES string of the molecule is Cc1ccc(-c2sc(NC(=O)C3(F)CCCCC3)nc2C)cc1S(=O)(=O)Nc1ccc(O)cc1. The third-order valence-corrected chi connectivity index (χ3v) is 8.57. The van der Waals surface area contributed by atoms with Crippen LogP contribution in [0.2, 0.25) is 0 Å². The predicted octanol–water partition coefficient (Wildman–Crippen LogP) is 5.54.